The molecule has 1 atom stereocenters. The number of morpholine rings is 1. The molecular formula is C16H29N3OS. The van der Waals surface area contributed by atoms with Crippen LogP contribution in [0.2, 0.25) is 0 Å². The molecule has 1 aromatic heterocycles. The number of ether oxygens (including phenoxy) is 1. The summed E-state index contributed by atoms with van der Waals surface area (Å²) in [5.74, 6) is 0. The Bertz CT molecular complexity index is 433. The van der Waals surface area contributed by atoms with Gasteiger partial charge in [0.15, 0.2) is 0 Å². The number of hydrogen-bond donors (Lipinski definition) is 1. The lowest BCUT2D eigenvalue weighted by Gasteiger charge is -2.46. The minimum atomic E-state index is 0.104. The fourth-order valence-corrected chi connectivity index (χ4v) is 3.96. The SMILES string of the molecule is CCNC(Cc1nc(C)c(C)s1)C(C)(C)N1CCOCC1. The van der Waals surface area contributed by atoms with Gasteiger partial charge in [0, 0.05) is 36.0 Å². The number of aromatic nitrogens is 1. The summed E-state index contributed by atoms with van der Waals surface area (Å²) < 4.78 is 5.50. The van der Waals surface area contributed by atoms with Crippen LogP contribution in [0, 0.1) is 13.8 Å². The number of hydrogen-bond acceptors (Lipinski definition) is 5. The maximum atomic E-state index is 5.50. The van der Waals surface area contributed by atoms with Gasteiger partial charge in [-0.05, 0) is 34.2 Å². The molecule has 1 unspecified atom stereocenters. The van der Waals surface area contributed by atoms with Crippen molar-refractivity contribution in [3.05, 3.63) is 15.6 Å². The van der Waals surface area contributed by atoms with Crippen molar-refractivity contribution in [2.24, 2.45) is 0 Å². The number of nitrogens with one attached hydrogen (secondary N) is 1. The van der Waals surface area contributed by atoms with Crippen LogP contribution in [0.25, 0.3) is 0 Å². The second-order valence-corrected chi connectivity index (χ2v) is 7.60. The Morgan fingerprint density at radius 1 is 1.33 bits per heavy atom. The molecule has 5 heteroatoms. The molecule has 120 valence electrons. The molecule has 0 amide bonds. The third kappa shape index (κ3) is 4.03. The van der Waals surface area contributed by atoms with Crippen LogP contribution in [0.1, 0.15) is 36.3 Å². The topological polar surface area (TPSA) is 37.4 Å². The minimum absolute atomic E-state index is 0.104. The van der Waals surface area contributed by atoms with Gasteiger partial charge in [0.25, 0.3) is 0 Å². The highest BCUT2D eigenvalue weighted by Crippen LogP contribution is 2.26. The monoisotopic (exact) mass is 311 g/mol. The van der Waals surface area contributed by atoms with Crippen LogP contribution in [0.15, 0.2) is 0 Å². The molecule has 1 aromatic rings. The standard InChI is InChI=1S/C16H29N3OS/c1-6-17-14(11-15-18-12(2)13(3)21-15)16(4,5)19-7-9-20-10-8-19/h14,17H,6-11H2,1-5H3. The first-order chi connectivity index (χ1) is 9.95. The van der Waals surface area contributed by atoms with E-state index in [1.165, 1.54) is 15.6 Å². The van der Waals surface area contributed by atoms with Crippen molar-refractivity contribution in [2.45, 2.75) is 52.6 Å². The zero-order valence-corrected chi connectivity index (χ0v) is 14.8. The molecule has 1 aliphatic rings. The van der Waals surface area contributed by atoms with Gasteiger partial charge in [-0.15, -0.1) is 11.3 Å². The second-order valence-electron chi connectivity index (χ2n) is 6.32. The summed E-state index contributed by atoms with van der Waals surface area (Å²) in [6.07, 6.45) is 0.998. The van der Waals surface area contributed by atoms with Crippen LogP contribution in [-0.2, 0) is 11.2 Å². The highest BCUT2D eigenvalue weighted by atomic mass is 32.1. The van der Waals surface area contributed by atoms with Crippen molar-refractivity contribution in [3.63, 3.8) is 0 Å². The molecule has 0 aliphatic carbocycles. The summed E-state index contributed by atoms with van der Waals surface area (Å²) in [5.41, 5.74) is 1.28. The second kappa shape index (κ2) is 7.18. The lowest BCUT2D eigenvalue weighted by atomic mass is 9.89. The van der Waals surface area contributed by atoms with Crippen molar-refractivity contribution < 1.29 is 4.74 Å². The predicted molar refractivity (Wildman–Crippen MR) is 89.2 cm³/mol. The lowest BCUT2D eigenvalue weighted by Crippen LogP contribution is -2.61. The Morgan fingerprint density at radius 2 is 2.00 bits per heavy atom. The Balaban J connectivity index is 2.12. The van der Waals surface area contributed by atoms with Crippen LogP contribution in [0.3, 0.4) is 0 Å². The quantitative estimate of drug-likeness (QED) is 0.875. The number of aryl methyl sites for hydroxylation is 2. The highest BCUT2D eigenvalue weighted by Gasteiger charge is 2.36. The molecule has 1 N–H and O–H groups in total. The van der Waals surface area contributed by atoms with E-state index >= 15 is 0 Å². The van der Waals surface area contributed by atoms with Gasteiger partial charge in [-0.3, -0.25) is 4.90 Å². The number of likely N-dealkylation sites (N-methyl/N-ethyl adjacent to an activating group) is 1. The fraction of sp³-hybridized carbons (Fsp3) is 0.812. The first-order valence-corrected chi connectivity index (χ1v) is 8.76. The summed E-state index contributed by atoms with van der Waals surface area (Å²) in [5, 5.41) is 4.93. The number of rotatable bonds is 6. The van der Waals surface area contributed by atoms with Crippen LogP contribution in [-0.4, -0.2) is 54.3 Å². The molecule has 4 nitrogen and oxygen atoms in total. The van der Waals surface area contributed by atoms with E-state index in [4.69, 9.17) is 9.72 Å². The molecule has 2 heterocycles. The largest absolute Gasteiger partial charge is 0.379 e. The van der Waals surface area contributed by atoms with Gasteiger partial charge in [0.2, 0.25) is 0 Å². The fourth-order valence-electron chi connectivity index (χ4n) is 2.98. The Labute approximate surface area is 132 Å². The van der Waals surface area contributed by atoms with Crippen molar-refractivity contribution in [2.75, 3.05) is 32.8 Å². The molecular weight excluding hydrogens is 282 g/mol. The van der Waals surface area contributed by atoms with E-state index in [0.29, 0.717) is 6.04 Å². The van der Waals surface area contributed by atoms with Gasteiger partial charge in [0.1, 0.15) is 0 Å². The van der Waals surface area contributed by atoms with E-state index in [1.807, 2.05) is 11.3 Å². The Morgan fingerprint density at radius 3 is 2.52 bits per heavy atom. The molecule has 0 spiro atoms. The summed E-state index contributed by atoms with van der Waals surface area (Å²) in [7, 11) is 0. The van der Waals surface area contributed by atoms with E-state index in [-0.39, 0.29) is 5.54 Å². The van der Waals surface area contributed by atoms with Crippen LogP contribution >= 0.6 is 11.3 Å². The maximum absolute atomic E-state index is 5.50. The van der Waals surface area contributed by atoms with Crippen LogP contribution in [0.5, 0.6) is 0 Å². The Kier molecular flexibility index (Phi) is 5.77. The average molecular weight is 311 g/mol. The molecule has 21 heavy (non-hydrogen) atoms. The van der Waals surface area contributed by atoms with Gasteiger partial charge in [-0.2, -0.15) is 0 Å². The normalized spacial score (nSPS) is 18.9. The van der Waals surface area contributed by atoms with E-state index in [9.17, 15) is 0 Å². The lowest BCUT2D eigenvalue weighted by molar-refractivity contribution is -0.0230. The maximum Gasteiger partial charge on any atom is 0.0947 e. The summed E-state index contributed by atoms with van der Waals surface area (Å²) >= 11 is 1.84. The first kappa shape index (κ1) is 16.9. The first-order valence-electron chi connectivity index (χ1n) is 7.94. The van der Waals surface area contributed by atoms with E-state index in [2.05, 4.69) is 44.8 Å². The van der Waals surface area contributed by atoms with Gasteiger partial charge in [0.05, 0.1) is 23.9 Å². The number of thiazole rings is 1. The van der Waals surface area contributed by atoms with E-state index in [1.54, 1.807) is 0 Å². The van der Waals surface area contributed by atoms with E-state index in [0.717, 1.165) is 39.3 Å². The third-order valence-electron chi connectivity index (χ3n) is 4.58. The zero-order chi connectivity index (χ0) is 15.5. The summed E-state index contributed by atoms with van der Waals surface area (Å²) in [6.45, 7) is 15.8. The molecule has 1 aliphatic heterocycles. The van der Waals surface area contributed by atoms with Crippen LogP contribution < -0.4 is 5.32 Å². The van der Waals surface area contributed by atoms with Crippen molar-refractivity contribution in [1.82, 2.24) is 15.2 Å². The van der Waals surface area contributed by atoms with E-state index < -0.39 is 0 Å². The molecule has 0 saturated carbocycles. The van der Waals surface area contributed by atoms with Crippen LogP contribution in [0.4, 0.5) is 0 Å². The molecule has 0 aromatic carbocycles. The van der Waals surface area contributed by atoms with Gasteiger partial charge in [-0.1, -0.05) is 6.92 Å². The van der Waals surface area contributed by atoms with Crippen molar-refractivity contribution >= 4 is 11.3 Å². The van der Waals surface area contributed by atoms with Gasteiger partial charge >= 0.3 is 0 Å². The highest BCUT2D eigenvalue weighted by molar-refractivity contribution is 7.11. The minimum Gasteiger partial charge on any atom is -0.379 e. The van der Waals surface area contributed by atoms with Crippen molar-refractivity contribution in [1.29, 1.82) is 0 Å². The molecule has 0 bridgehead atoms. The van der Waals surface area contributed by atoms with Gasteiger partial charge < -0.3 is 10.1 Å². The van der Waals surface area contributed by atoms with Gasteiger partial charge in [-0.25, -0.2) is 4.98 Å². The smallest absolute Gasteiger partial charge is 0.0947 e. The predicted octanol–water partition coefficient (Wildman–Crippen LogP) is 2.39. The number of nitrogens with zero attached hydrogens (tertiary/aromatic N) is 2. The van der Waals surface area contributed by atoms with Crippen molar-refractivity contribution in [3.8, 4) is 0 Å². The molecule has 1 fully saturated rings. The Hall–Kier alpha value is -0.490. The summed E-state index contributed by atoms with van der Waals surface area (Å²) in [4.78, 5) is 8.62. The molecule has 2 rings (SSSR count). The third-order valence-corrected chi connectivity index (χ3v) is 5.68. The summed E-state index contributed by atoms with van der Waals surface area (Å²) in [6, 6.07) is 0.408. The average Bonchev–Trinajstić information content (AvgIpc) is 2.78. The molecule has 0 radical (unpaired) electrons. The molecule has 1 saturated heterocycles. The zero-order valence-electron chi connectivity index (χ0n) is 14.0.